The van der Waals surface area contributed by atoms with E-state index in [9.17, 15) is 5.11 Å². The number of hydrogen-bond donors (Lipinski definition) is 1. The summed E-state index contributed by atoms with van der Waals surface area (Å²) < 4.78 is 1.08. The highest BCUT2D eigenvalue weighted by atomic mass is 79.9. The first-order valence-electron chi connectivity index (χ1n) is 6.19. The van der Waals surface area contributed by atoms with Crippen LogP contribution >= 0.6 is 27.7 Å². The summed E-state index contributed by atoms with van der Waals surface area (Å²) in [4.78, 5) is 5.26. The topological polar surface area (TPSA) is 33.1 Å². The molecule has 0 aliphatic heterocycles. The van der Waals surface area contributed by atoms with Gasteiger partial charge in [-0.1, -0.05) is 22.0 Å². The predicted octanol–water partition coefficient (Wildman–Crippen LogP) is 3.93. The van der Waals surface area contributed by atoms with Crippen molar-refractivity contribution in [1.29, 1.82) is 0 Å². The number of halogens is 1. The Morgan fingerprint density at radius 2 is 2.00 bits per heavy atom. The van der Waals surface area contributed by atoms with Gasteiger partial charge in [-0.2, -0.15) is 0 Å². The van der Waals surface area contributed by atoms with E-state index in [0.29, 0.717) is 0 Å². The van der Waals surface area contributed by atoms with E-state index >= 15 is 0 Å². The van der Waals surface area contributed by atoms with Crippen molar-refractivity contribution >= 4 is 27.7 Å². The van der Waals surface area contributed by atoms with Crippen LogP contribution in [0.3, 0.4) is 0 Å². The molecule has 0 aliphatic rings. The monoisotopic (exact) mass is 337 g/mol. The molecule has 0 spiro atoms. The van der Waals surface area contributed by atoms with Gasteiger partial charge in [-0.3, -0.25) is 4.98 Å². The Kier molecular flexibility index (Phi) is 5.89. The Morgan fingerprint density at radius 3 is 2.68 bits per heavy atom. The molecule has 1 atom stereocenters. The molecule has 2 aromatic rings. The normalized spacial score (nSPS) is 12.3. The Bertz CT molecular complexity index is 489. The third-order valence-corrected chi connectivity index (χ3v) is 4.43. The fourth-order valence-corrected chi connectivity index (χ4v) is 2.83. The Balaban J connectivity index is 1.72. The SMILES string of the molecule is O[C@H](CCc1cccnc1)CSc1ccc(Br)cc1. The maximum atomic E-state index is 9.98. The van der Waals surface area contributed by atoms with Crippen LogP contribution in [0.2, 0.25) is 0 Å². The van der Waals surface area contributed by atoms with Gasteiger partial charge in [0.15, 0.2) is 0 Å². The average molecular weight is 338 g/mol. The summed E-state index contributed by atoms with van der Waals surface area (Å²) in [6.07, 6.45) is 4.98. The van der Waals surface area contributed by atoms with Crippen LogP contribution < -0.4 is 0 Å². The molecule has 2 nitrogen and oxygen atoms in total. The zero-order valence-corrected chi connectivity index (χ0v) is 12.9. The highest BCUT2D eigenvalue weighted by Crippen LogP contribution is 2.22. The molecule has 0 fully saturated rings. The second-order valence-electron chi connectivity index (χ2n) is 4.32. The zero-order valence-electron chi connectivity index (χ0n) is 10.5. The molecular weight excluding hydrogens is 322 g/mol. The molecule has 100 valence electrons. The summed E-state index contributed by atoms with van der Waals surface area (Å²) >= 11 is 5.10. The second kappa shape index (κ2) is 7.68. The Labute approximate surface area is 126 Å². The summed E-state index contributed by atoms with van der Waals surface area (Å²) in [5, 5.41) is 9.98. The lowest BCUT2D eigenvalue weighted by Crippen LogP contribution is -2.11. The molecule has 1 aromatic carbocycles. The van der Waals surface area contributed by atoms with Crippen molar-refractivity contribution in [1.82, 2.24) is 4.98 Å². The number of aromatic nitrogens is 1. The molecule has 4 heteroatoms. The van der Waals surface area contributed by atoms with E-state index < -0.39 is 0 Å². The van der Waals surface area contributed by atoms with Crippen molar-refractivity contribution < 1.29 is 5.11 Å². The Hall–Kier alpha value is -0.840. The molecule has 0 bridgehead atoms. The first-order chi connectivity index (χ1) is 9.24. The van der Waals surface area contributed by atoms with Crippen LogP contribution in [0, 0.1) is 0 Å². The second-order valence-corrected chi connectivity index (χ2v) is 6.33. The number of pyridine rings is 1. The minimum Gasteiger partial charge on any atom is -0.392 e. The van der Waals surface area contributed by atoms with Gasteiger partial charge < -0.3 is 5.11 Å². The fourth-order valence-electron chi connectivity index (χ4n) is 1.69. The predicted molar refractivity (Wildman–Crippen MR) is 83.4 cm³/mol. The van der Waals surface area contributed by atoms with Gasteiger partial charge in [0.2, 0.25) is 0 Å². The van der Waals surface area contributed by atoms with E-state index in [1.807, 2.05) is 30.5 Å². The minimum absolute atomic E-state index is 0.283. The van der Waals surface area contributed by atoms with Gasteiger partial charge in [-0.15, -0.1) is 11.8 Å². The van der Waals surface area contributed by atoms with Crippen LogP contribution in [-0.2, 0) is 6.42 Å². The third-order valence-electron chi connectivity index (χ3n) is 2.75. The summed E-state index contributed by atoms with van der Waals surface area (Å²) in [7, 11) is 0. The van der Waals surface area contributed by atoms with Crippen LogP contribution in [0.5, 0.6) is 0 Å². The molecule has 19 heavy (non-hydrogen) atoms. The third kappa shape index (κ3) is 5.35. The molecule has 0 radical (unpaired) electrons. The minimum atomic E-state index is -0.283. The van der Waals surface area contributed by atoms with Crippen molar-refractivity contribution in [3.63, 3.8) is 0 Å². The van der Waals surface area contributed by atoms with E-state index in [2.05, 4.69) is 33.0 Å². The van der Waals surface area contributed by atoms with Crippen molar-refractivity contribution in [2.24, 2.45) is 0 Å². The van der Waals surface area contributed by atoms with E-state index in [0.717, 1.165) is 23.1 Å². The van der Waals surface area contributed by atoms with Crippen molar-refractivity contribution in [3.8, 4) is 0 Å². The number of aliphatic hydroxyl groups is 1. The van der Waals surface area contributed by atoms with Gasteiger partial charge in [0.1, 0.15) is 0 Å². The van der Waals surface area contributed by atoms with Crippen LogP contribution in [0.15, 0.2) is 58.2 Å². The standard InChI is InChI=1S/C15H16BrNOS/c16-13-4-7-15(8-5-13)19-11-14(18)6-3-12-2-1-9-17-10-12/h1-2,4-5,7-10,14,18H,3,6,11H2/t14-/m1/s1. The van der Waals surface area contributed by atoms with Crippen molar-refractivity contribution in [2.45, 2.75) is 23.8 Å². The summed E-state index contributed by atoms with van der Waals surface area (Å²) in [6.45, 7) is 0. The zero-order chi connectivity index (χ0) is 13.5. The summed E-state index contributed by atoms with van der Waals surface area (Å²) in [5.74, 6) is 0.724. The van der Waals surface area contributed by atoms with Crippen molar-refractivity contribution in [2.75, 3.05) is 5.75 Å². The molecule has 0 saturated carbocycles. The molecule has 0 unspecified atom stereocenters. The van der Waals surface area contributed by atoms with Crippen LogP contribution in [0.1, 0.15) is 12.0 Å². The molecule has 0 amide bonds. The van der Waals surface area contributed by atoms with Crippen LogP contribution in [0.25, 0.3) is 0 Å². The van der Waals surface area contributed by atoms with Gasteiger partial charge in [0, 0.05) is 27.5 Å². The van der Waals surface area contributed by atoms with Gasteiger partial charge in [-0.05, 0) is 48.7 Å². The number of aryl methyl sites for hydroxylation is 1. The lowest BCUT2D eigenvalue weighted by atomic mass is 10.1. The maximum absolute atomic E-state index is 9.98. The number of benzene rings is 1. The number of thioether (sulfide) groups is 1. The first-order valence-corrected chi connectivity index (χ1v) is 7.97. The largest absolute Gasteiger partial charge is 0.392 e. The number of rotatable bonds is 6. The smallest absolute Gasteiger partial charge is 0.0637 e. The lowest BCUT2D eigenvalue weighted by molar-refractivity contribution is 0.189. The highest BCUT2D eigenvalue weighted by Gasteiger charge is 2.06. The molecule has 0 aliphatic carbocycles. The van der Waals surface area contributed by atoms with Crippen LogP contribution in [0.4, 0.5) is 0 Å². The molecule has 0 saturated heterocycles. The van der Waals surface area contributed by atoms with Gasteiger partial charge in [0.25, 0.3) is 0 Å². The number of nitrogens with zero attached hydrogens (tertiary/aromatic N) is 1. The van der Waals surface area contributed by atoms with Gasteiger partial charge >= 0.3 is 0 Å². The quantitative estimate of drug-likeness (QED) is 0.810. The van der Waals surface area contributed by atoms with E-state index in [-0.39, 0.29) is 6.10 Å². The van der Waals surface area contributed by atoms with Gasteiger partial charge in [-0.25, -0.2) is 0 Å². The highest BCUT2D eigenvalue weighted by molar-refractivity contribution is 9.10. The number of aliphatic hydroxyl groups excluding tert-OH is 1. The van der Waals surface area contributed by atoms with E-state index in [1.54, 1.807) is 18.0 Å². The summed E-state index contributed by atoms with van der Waals surface area (Å²) in [6, 6.07) is 12.1. The molecular formula is C15H16BrNOS. The molecule has 2 rings (SSSR count). The van der Waals surface area contributed by atoms with Gasteiger partial charge in [0.05, 0.1) is 6.10 Å². The lowest BCUT2D eigenvalue weighted by Gasteiger charge is -2.10. The molecule has 1 N–H and O–H groups in total. The fraction of sp³-hybridized carbons (Fsp3) is 0.267. The van der Waals surface area contributed by atoms with E-state index in [1.165, 1.54) is 10.5 Å². The van der Waals surface area contributed by atoms with Crippen LogP contribution in [-0.4, -0.2) is 21.9 Å². The van der Waals surface area contributed by atoms with E-state index in [4.69, 9.17) is 0 Å². The molecule has 1 heterocycles. The molecule has 1 aromatic heterocycles. The number of hydrogen-bond acceptors (Lipinski definition) is 3. The first kappa shape index (κ1) is 14.6. The summed E-state index contributed by atoms with van der Waals surface area (Å²) in [5.41, 5.74) is 1.18. The van der Waals surface area contributed by atoms with Crippen molar-refractivity contribution in [3.05, 3.63) is 58.8 Å². The Morgan fingerprint density at radius 1 is 1.21 bits per heavy atom. The average Bonchev–Trinajstić information content (AvgIpc) is 2.45. The maximum Gasteiger partial charge on any atom is 0.0637 e.